The molecule has 2 aromatic rings. The van der Waals surface area contributed by atoms with E-state index >= 15 is 0 Å². The molecule has 0 spiro atoms. The van der Waals surface area contributed by atoms with Gasteiger partial charge >= 0.3 is 0 Å². The molecular weight excluding hydrogens is 917 g/mol. The van der Waals surface area contributed by atoms with E-state index < -0.39 is 25.0 Å². The molecule has 2 aromatic carbocycles. The summed E-state index contributed by atoms with van der Waals surface area (Å²) in [6.45, 7) is 31.2. The molecule has 0 radical (unpaired) electrons. The number of fused-ring (bicyclic) bond motifs is 6. The Bertz CT molecular complexity index is 2090. The van der Waals surface area contributed by atoms with E-state index in [1.807, 2.05) is 0 Å². The Kier molecular flexibility index (Phi) is 15.0. The van der Waals surface area contributed by atoms with Crippen LogP contribution in [0.5, 0.6) is 0 Å². The highest BCUT2D eigenvalue weighted by Crippen LogP contribution is 2.46. The average Bonchev–Trinajstić information content (AvgIpc) is 3.56. The number of hydrogen-bond donors (Lipinski definition) is 0. The second kappa shape index (κ2) is 20.0. The molecule has 15 atom stereocenters. The Balaban J connectivity index is 0.841. The van der Waals surface area contributed by atoms with Crippen molar-refractivity contribution in [1.82, 2.24) is 0 Å². The normalized spacial score (nSPS) is 36.2. The van der Waals surface area contributed by atoms with Crippen molar-refractivity contribution in [3.8, 4) is 0 Å². The van der Waals surface area contributed by atoms with E-state index in [0.29, 0.717) is 19.6 Å². The van der Waals surface area contributed by atoms with Crippen molar-refractivity contribution in [2.75, 3.05) is 13.2 Å². The Labute approximate surface area is 417 Å². The molecule has 0 N–H and O–H groups in total. The number of benzene rings is 2. The summed E-state index contributed by atoms with van der Waals surface area (Å²) in [6.07, 6.45) is 14.4. The minimum atomic E-state index is -2.73. The second-order valence-corrected chi connectivity index (χ2v) is 38.9. The molecule has 0 aliphatic carbocycles. The van der Waals surface area contributed by atoms with Gasteiger partial charge < -0.3 is 46.4 Å². The van der Waals surface area contributed by atoms with Crippen LogP contribution >= 0.6 is 0 Å². The van der Waals surface area contributed by atoms with Crippen LogP contribution in [0.3, 0.4) is 0 Å². The molecule has 7 aliphatic rings. The van der Waals surface area contributed by atoms with E-state index in [4.69, 9.17) is 46.4 Å². The SMILES string of the molecule is CC(C)(C)[Si](C)(C)OCC[C@@H]1O[C@@H]2C[C@@H]3O[C@@H]4C=C[C@@H]5O[C@@H]6C=C[C@@H]7O[C@H](CO[Si](c8ccccc8)(c8ccccc8)C(C)(C)C)C=C[C@H]7O[C@H]6C[C@H]5O[C@H]4C[C@H]3O[C@H]2C[C@H]1O[Si](C)(C)C(C)(C)C. The van der Waals surface area contributed by atoms with Crippen LogP contribution in [0.4, 0.5) is 0 Å². The largest absolute Gasteiger partial charge is 0.417 e. The molecular formula is C56H84O10Si3. The van der Waals surface area contributed by atoms with E-state index in [1.165, 1.54) is 10.4 Å². The molecule has 7 aliphatic heterocycles. The van der Waals surface area contributed by atoms with Gasteiger partial charge in [0.15, 0.2) is 16.6 Å². The van der Waals surface area contributed by atoms with Crippen LogP contribution in [0.25, 0.3) is 0 Å². The van der Waals surface area contributed by atoms with Gasteiger partial charge in [0.05, 0.1) is 67.6 Å². The van der Waals surface area contributed by atoms with E-state index in [2.05, 4.69) is 186 Å². The molecule has 9 rings (SSSR count). The minimum Gasteiger partial charge on any atom is -0.417 e. The smallest absolute Gasteiger partial charge is 0.261 e. The van der Waals surface area contributed by atoms with Crippen LogP contribution in [-0.2, 0) is 46.4 Å². The third-order valence-corrected chi connectivity index (χ3v) is 31.2. The zero-order chi connectivity index (χ0) is 49.1. The molecule has 4 fully saturated rings. The summed E-state index contributed by atoms with van der Waals surface area (Å²) in [5.74, 6) is 0. The maximum atomic E-state index is 7.27. The lowest BCUT2D eigenvalue weighted by Crippen LogP contribution is -2.67. The fourth-order valence-electron chi connectivity index (χ4n) is 11.2. The first-order chi connectivity index (χ1) is 32.5. The highest BCUT2D eigenvalue weighted by Gasteiger charge is 2.54. The second-order valence-electron chi connectivity index (χ2n) is 25.0. The zero-order valence-electron chi connectivity index (χ0n) is 43.9. The van der Waals surface area contributed by atoms with E-state index in [9.17, 15) is 0 Å². The summed E-state index contributed by atoms with van der Waals surface area (Å²) in [4.78, 5) is 0. The molecule has 13 heteroatoms. The zero-order valence-corrected chi connectivity index (χ0v) is 46.9. The van der Waals surface area contributed by atoms with E-state index in [-0.39, 0.29) is 107 Å². The molecule has 4 saturated heterocycles. The minimum absolute atomic E-state index is 0.0557. The highest BCUT2D eigenvalue weighted by atomic mass is 28.4. The van der Waals surface area contributed by atoms with Gasteiger partial charge in [0.2, 0.25) is 0 Å². The fraction of sp³-hybridized carbons (Fsp3) is 0.679. The average molecular weight is 1000 g/mol. The summed E-state index contributed by atoms with van der Waals surface area (Å²) < 4.78 is 69.7. The van der Waals surface area contributed by atoms with E-state index in [1.54, 1.807) is 0 Å². The third kappa shape index (κ3) is 10.8. The first kappa shape index (κ1) is 51.8. The van der Waals surface area contributed by atoms with Crippen molar-refractivity contribution >= 4 is 35.3 Å². The van der Waals surface area contributed by atoms with Gasteiger partial charge in [-0.15, -0.1) is 0 Å². The molecule has 0 bridgehead atoms. The Morgan fingerprint density at radius 1 is 0.449 bits per heavy atom. The predicted molar refractivity (Wildman–Crippen MR) is 280 cm³/mol. The fourth-order valence-corrected chi connectivity index (χ4v) is 18.2. The molecule has 380 valence electrons. The summed E-state index contributed by atoms with van der Waals surface area (Å²) in [6, 6.07) is 21.6. The molecule has 10 nitrogen and oxygen atoms in total. The summed E-state index contributed by atoms with van der Waals surface area (Å²) in [5.41, 5.74) is 0. The van der Waals surface area contributed by atoms with Crippen LogP contribution in [-0.4, -0.2) is 130 Å². The van der Waals surface area contributed by atoms with E-state index in [0.717, 1.165) is 25.7 Å². The van der Waals surface area contributed by atoms with Gasteiger partial charge in [0, 0.05) is 32.3 Å². The molecule has 0 amide bonds. The van der Waals surface area contributed by atoms with Crippen molar-refractivity contribution in [3.63, 3.8) is 0 Å². The summed E-state index contributed by atoms with van der Waals surface area (Å²) in [5, 5.41) is 2.61. The number of rotatable bonds is 11. The number of hydrogen-bond acceptors (Lipinski definition) is 10. The van der Waals surface area contributed by atoms with Crippen LogP contribution in [0.15, 0.2) is 97.1 Å². The summed E-state index contributed by atoms with van der Waals surface area (Å²) >= 11 is 0. The van der Waals surface area contributed by atoms with Crippen LogP contribution < -0.4 is 10.4 Å². The lowest BCUT2D eigenvalue weighted by molar-refractivity contribution is -0.285. The Morgan fingerprint density at radius 3 is 1.49 bits per heavy atom. The van der Waals surface area contributed by atoms with Gasteiger partial charge in [-0.3, -0.25) is 0 Å². The van der Waals surface area contributed by atoms with Gasteiger partial charge in [-0.05, 0) is 58.1 Å². The first-order valence-electron chi connectivity index (χ1n) is 26.2. The highest BCUT2D eigenvalue weighted by molar-refractivity contribution is 6.99. The van der Waals surface area contributed by atoms with Crippen LogP contribution in [0.1, 0.15) is 94.4 Å². The van der Waals surface area contributed by atoms with Crippen LogP contribution in [0.2, 0.25) is 41.3 Å². The van der Waals surface area contributed by atoms with Crippen LogP contribution in [0, 0.1) is 0 Å². The van der Waals surface area contributed by atoms with Gasteiger partial charge in [-0.1, -0.05) is 159 Å². The quantitative estimate of drug-likeness (QED) is 0.160. The predicted octanol–water partition coefficient (Wildman–Crippen LogP) is 9.97. The molecule has 69 heavy (non-hydrogen) atoms. The molecule has 0 saturated carbocycles. The van der Waals surface area contributed by atoms with Crippen molar-refractivity contribution in [3.05, 3.63) is 97.1 Å². The third-order valence-electron chi connectivity index (χ3n) is 17.2. The van der Waals surface area contributed by atoms with Gasteiger partial charge in [0.1, 0.15) is 30.5 Å². The lowest BCUT2D eigenvalue weighted by Gasteiger charge is -2.52. The van der Waals surface area contributed by atoms with Gasteiger partial charge in [-0.25, -0.2) is 0 Å². The summed E-state index contributed by atoms with van der Waals surface area (Å²) in [7, 11) is -6.74. The standard InChI is InChI=1S/C56H84O10Si3/c1-54(2,3)67(10,11)57-31-30-45-53(66-68(12,13)55(4,5)6)35-52-50(63-45)34-49-51(65-52)33-48-44(62-49)29-28-43-47(64-48)32-46-42(60-43)27-26-40-41(61-46)25-24-37(59-40)36-58-69(56(7,8)9,38-20-16-14-17-21-38)39-22-18-15-19-23-39/h14-29,37,40-53H,30-36H2,1-13H3/t37-,40-,41+,42+,43-,44+,45-,46-,47+,48-,49-,50+,51+,52-,53+/m0/s1. The number of ether oxygens (including phenoxy) is 7. The molecule has 0 aromatic heterocycles. The maximum absolute atomic E-state index is 7.27. The van der Waals surface area contributed by atoms with Gasteiger partial charge in [0.25, 0.3) is 8.32 Å². The van der Waals surface area contributed by atoms with Gasteiger partial charge in [-0.2, -0.15) is 0 Å². The monoisotopic (exact) mass is 1000 g/mol. The molecule has 7 heterocycles. The maximum Gasteiger partial charge on any atom is 0.261 e. The Hall–Kier alpha value is -2.09. The van der Waals surface area contributed by atoms with Crippen molar-refractivity contribution in [1.29, 1.82) is 0 Å². The lowest BCUT2D eigenvalue weighted by atomic mass is 9.86. The van der Waals surface area contributed by atoms with Crippen molar-refractivity contribution < 1.29 is 46.4 Å². The molecule has 0 unspecified atom stereocenters. The van der Waals surface area contributed by atoms with Crippen molar-refractivity contribution in [2.24, 2.45) is 0 Å². The Morgan fingerprint density at radius 2 is 0.899 bits per heavy atom. The first-order valence-corrected chi connectivity index (χ1v) is 33.9. The topological polar surface area (TPSA) is 92.3 Å². The van der Waals surface area contributed by atoms with Crippen molar-refractivity contribution in [2.45, 2.75) is 227 Å².